The minimum absolute atomic E-state index is 0.292. The van der Waals surface area contributed by atoms with Crippen molar-refractivity contribution in [3.8, 4) is 0 Å². The lowest BCUT2D eigenvalue weighted by molar-refractivity contribution is -0.127. The molecule has 1 aliphatic rings. The summed E-state index contributed by atoms with van der Waals surface area (Å²) in [5, 5.41) is 7.53. The standard InChI is InChI=1S/C12H20N4O/c1-10(8-16-5-3-4-12(16)17)13-6-11-7-14-15(2)9-11/h7,9-10,13H,3-6,8H2,1-2H3. The molecule has 0 aromatic carbocycles. The Hall–Kier alpha value is -1.36. The maximum absolute atomic E-state index is 11.5. The zero-order valence-corrected chi connectivity index (χ0v) is 10.5. The second-order valence-corrected chi connectivity index (χ2v) is 4.75. The number of amides is 1. The highest BCUT2D eigenvalue weighted by molar-refractivity contribution is 5.78. The maximum Gasteiger partial charge on any atom is 0.222 e. The second-order valence-electron chi connectivity index (χ2n) is 4.75. The molecule has 1 aromatic rings. The van der Waals surface area contributed by atoms with Crippen LogP contribution in [-0.2, 0) is 18.4 Å². The van der Waals surface area contributed by atoms with Crippen LogP contribution in [0.5, 0.6) is 0 Å². The molecule has 0 radical (unpaired) electrons. The molecule has 2 rings (SSSR count). The molecule has 1 N–H and O–H groups in total. The number of nitrogens with zero attached hydrogens (tertiary/aromatic N) is 3. The molecule has 1 atom stereocenters. The van der Waals surface area contributed by atoms with Crippen LogP contribution in [0.4, 0.5) is 0 Å². The Morgan fingerprint density at radius 1 is 1.59 bits per heavy atom. The minimum atomic E-state index is 0.292. The van der Waals surface area contributed by atoms with Gasteiger partial charge in [-0.2, -0.15) is 5.10 Å². The van der Waals surface area contributed by atoms with E-state index in [-0.39, 0.29) is 0 Å². The monoisotopic (exact) mass is 236 g/mol. The summed E-state index contributed by atoms with van der Waals surface area (Å²) in [5.41, 5.74) is 1.17. The number of rotatable bonds is 5. The van der Waals surface area contributed by atoms with E-state index in [1.165, 1.54) is 5.56 Å². The SMILES string of the molecule is CC(CN1CCCC1=O)NCc1cnn(C)c1. The van der Waals surface area contributed by atoms with Gasteiger partial charge in [0.25, 0.3) is 0 Å². The summed E-state index contributed by atoms with van der Waals surface area (Å²) in [6.07, 6.45) is 5.59. The van der Waals surface area contributed by atoms with E-state index in [0.29, 0.717) is 11.9 Å². The molecular formula is C12H20N4O. The average Bonchev–Trinajstić information content (AvgIpc) is 2.86. The van der Waals surface area contributed by atoms with E-state index in [4.69, 9.17) is 0 Å². The highest BCUT2D eigenvalue weighted by Gasteiger charge is 2.21. The van der Waals surface area contributed by atoms with Crippen LogP contribution in [0.25, 0.3) is 0 Å². The number of aryl methyl sites for hydroxylation is 1. The Morgan fingerprint density at radius 2 is 2.41 bits per heavy atom. The van der Waals surface area contributed by atoms with Crippen molar-refractivity contribution in [2.75, 3.05) is 13.1 Å². The van der Waals surface area contributed by atoms with Gasteiger partial charge in [-0.15, -0.1) is 0 Å². The zero-order valence-electron chi connectivity index (χ0n) is 10.5. The van der Waals surface area contributed by atoms with Crippen LogP contribution in [0.2, 0.25) is 0 Å². The molecular weight excluding hydrogens is 216 g/mol. The van der Waals surface area contributed by atoms with Gasteiger partial charge < -0.3 is 10.2 Å². The predicted molar refractivity (Wildman–Crippen MR) is 65.3 cm³/mol. The van der Waals surface area contributed by atoms with E-state index in [1.807, 2.05) is 24.3 Å². The number of likely N-dealkylation sites (tertiary alicyclic amines) is 1. The van der Waals surface area contributed by atoms with E-state index in [9.17, 15) is 4.79 Å². The van der Waals surface area contributed by atoms with Gasteiger partial charge in [0.1, 0.15) is 0 Å². The quantitative estimate of drug-likeness (QED) is 0.811. The van der Waals surface area contributed by atoms with E-state index in [2.05, 4.69) is 17.3 Å². The highest BCUT2D eigenvalue weighted by atomic mass is 16.2. The molecule has 0 saturated carbocycles. The normalized spacial score (nSPS) is 17.8. The topological polar surface area (TPSA) is 50.2 Å². The molecule has 1 saturated heterocycles. The first-order chi connectivity index (χ1) is 8.15. The lowest BCUT2D eigenvalue weighted by Crippen LogP contribution is -2.39. The number of nitrogens with one attached hydrogen (secondary N) is 1. The highest BCUT2D eigenvalue weighted by Crippen LogP contribution is 2.09. The Balaban J connectivity index is 1.73. The summed E-state index contributed by atoms with van der Waals surface area (Å²) in [6.45, 7) is 4.63. The van der Waals surface area contributed by atoms with Gasteiger partial charge in [0.05, 0.1) is 6.20 Å². The smallest absolute Gasteiger partial charge is 0.222 e. The fourth-order valence-corrected chi connectivity index (χ4v) is 2.15. The molecule has 5 nitrogen and oxygen atoms in total. The van der Waals surface area contributed by atoms with Crippen LogP contribution >= 0.6 is 0 Å². The van der Waals surface area contributed by atoms with Crippen molar-refractivity contribution < 1.29 is 4.79 Å². The van der Waals surface area contributed by atoms with Crippen molar-refractivity contribution in [3.63, 3.8) is 0 Å². The third kappa shape index (κ3) is 3.30. The van der Waals surface area contributed by atoms with Crippen LogP contribution in [0.15, 0.2) is 12.4 Å². The van der Waals surface area contributed by atoms with E-state index < -0.39 is 0 Å². The molecule has 1 aromatic heterocycles. The first-order valence-corrected chi connectivity index (χ1v) is 6.14. The van der Waals surface area contributed by atoms with Crippen molar-refractivity contribution in [1.29, 1.82) is 0 Å². The molecule has 1 fully saturated rings. The molecule has 94 valence electrons. The van der Waals surface area contributed by atoms with Crippen molar-refractivity contribution >= 4 is 5.91 Å². The van der Waals surface area contributed by atoms with Gasteiger partial charge in [-0.05, 0) is 13.3 Å². The van der Waals surface area contributed by atoms with Crippen molar-refractivity contribution in [2.45, 2.75) is 32.4 Å². The lowest BCUT2D eigenvalue weighted by atomic mass is 10.3. The molecule has 0 spiro atoms. The van der Waals surface area contributed by atoms with Crippen LogP contribution < -0.4 is 5.32 Å². The van der Waals surface area contributed by atoms with Crippen LogP contribution in [-0.4, -0.2) is 39.7 Å². The van der Waals surface area contributed by atoms with Crippen molar-refractivity contribution in [3.05, 3.63) is 18.0 Å². The summed E-state index contributed by atoms with van der Waals surface area (Å²) < 4.78 is 1.80. The van der Waals surface area contributed by atoms with E-state index in [0.717, 1.165) is 32.5 Å². The van der Waals surface area contributed by atoms with Gasteiger partial charge in [0, 0.05) is 50.9 Å². The van der Waals surface area contributed by atoms with E-state index >= 15 is 0 Å². The number of carbonyl (C=O) groups excluding carboxylic acids is 1. The first kappa shape index (κ1) is 12.1. The molecule has 5 heteroatoms. The number of hydrogen-bond donors (Lipinski definition) is 1. The Morgan fingerprint density at radius 3 is 3.00 bits per heavy atom. The van der Waals surface area contributed by atoms with E-state index in [1.54, 1.807) is 4.68 Å². The van der Waals surface area contributed by atoms with Crippen molar-refractivity contribution in [1.82, 2.24) is 20.0 Å². The largest absolute Gasteiger partial charge is 0.341 e. The Bertz CT molecular complexity index is 388. The molecule has 2 heterocycles. The summed E-state index contributed by atoms with van der Waals surface area (Å²) in [5.74, 6) is 0.292. The Labute approximate surface area is 102 Å². The molecule has 17 heavy (non-hydrogen) atoms. The van der Waals surface area contributed by atoms with Gasteiger partial charge in [0.2, 0.25) is 5.91 Å². The van der Waals surface area contributed by atoms with Gasteiger partial charge in [-0.1, -0.05) is 0 Å². The number of hydrogen-bond acceptors (Lipinski definition) is 3. The minimum Gasteiger partial charge on any atom is -0.341 e. The summed E-state index contributed by atoms with van der Waals surface area (Å²) in [4.78, 5) is 13.4. The van der Waals surface area contributed by atoms with Gasteiger partial charge in [0.15, 0.2) is 0 Å². The molecule has 0 aliphatic carbocycles. The van der Waals surface area contributed by atoms with Gasteiger partial charge in [-0.25, -0.2) is 0 Å². The third-order valence-electron chi connectivity index (χ3n) is 3.08. The summed E-state index contributed by atoms with van der Waals surface area (Å²) >= 11 is 0. The molecule has 1 unspecified atom stereocenters. The molecule has 1 aliphatic heterocycles. The van der Waals surface area contributed by atoms with Gasteiger partial charge >= 0.3 is 0 Å². The zero-order chi connectivity index (χ0) is 12.3. The number of carbonyl (C=O) groups is 1. The molecule has 0 bridgehead atoms. The van der Waals surface area contributed by atoms with Crippen LogP contribution in [0.1, 0.15) is 25.3 Å². The summed E-state index contributed by atoms with van der Waals surface area (Å²) in [6, 6.07) is 0.317. The third-order valence-corrected chi connectivity index (χ3v) is 3.08. The average molecular weight is 236 g/mol. The fourth-order valence-electron chi connectivity index (χ4n) is 2.15. The summed E-state index contributed by atoms with van der Waals surface area (Å²) in [7, 11) is 1.91. The Kier molecular flexibility index (Phi) is 3.78. The second kappa shape index (κ2) is 5.31. The predicted octanol–water partition coefficient (Wildman–Crippen LogP) is 0.521. The maximum atomic E-state index is 11.5. The molecule has 1 amide bonds. The van der Waals surface area contributed by atoms with Crippen molar-refractivity contribution in [2.24, 2.45) is 7.05 Å². The van der Waals surface area contributed by atoms with Gasteiger partial charge in [-0.3, -0.25) is 9.48 Å². The fraction of sp³-hybridized carbons (Fsp3) is 0.667. The van der Waals surface area contributed by atoms with Crippen LogP contribution in [0, 0.1) is 0 Å². The first-order valence-electron chi connectivity index (χ1n) is 6.14. The lowest BCUT2D eigenvalue weighted by Gasteiger charge is -2.21. The van der Waals surface area contributed by atoms with Crippen LogP contribution in [0.3, 0.4) is 0 Å². The number of aromatic nitrogens is 2.